The van der Waals surface area contributed by atoms with E-state index in [0.29, 0.717) is 6.04 Å². The Morgan fingerprint density at radius 1 is 1.07 bits per heavy atom. The molecule has 1 fully saturated rings. The summed E-state index contributed by atoms with van der Waals surface area (Å²) in [6.07, 6.45) is 10.4. The van der Waals surface area contributed by atoms with Crippen molar-refractivity contribution in [3.8, 4) is 5.69 Å². The van der Waals surface area contributed by atoms with Crippen molar-refractivity contribution in [3.05, 3.63) is 82.7 Å². The smallest absolute Gasteiger partial charge is 0.254 e. The first-order valence-electron chi connectivity index (χ1n) is 10.8. The Morgan fingerprint density at radius 3 is 2.55 bits per heavy atom. The lowest BCUT2D eigenvalue weighted by Crippen LogP contribution is -2.33. The summed E-state index contributed by atoms with van der Waals surface area (Å²) < 4.78 is 1.87. The van der Waals surface area contributed by atoms with Gasteiger partial charge < -0.3 is 4.90 Å². The van der Waals surface area contributed by atoms with Crippen molar-refractivity contribution in [3.63, 3.8) is 0 Å². The number of aryl methyl sites for hydroxylation is 1. The molecule has 2 aromatic carbocycles. The number of nitrogens with zero attached hydrogens (tertiary/aromatic N) is 3. The van der Waals surface area contributed by atoms with Crippen molar-refractivity contribution in [1.82, 2.24) is 14.7 Å². The highest BCUT2D eigenvalue weighted by atomic mass is 16.2. The third kappa shape index (κ3) is 3.37. The molecule has 4 nitrogen and oxygen atoms in total. The Balaban J connectivity index is 1.40. The van der Waals surface area contributed by atoms with Crippen molar-refractivity contribution in [2.75, 3.05) is 0 Å². The first-order chi connectivity index (χ1) is 14.2. The Bertz CT molecular complexity index is 1010. The zero-order valence-corrected chi connectivity index (χ0v) is 17.0. The maximum atomic E-state index is 13.1. The number of carbonyl (C=O) groups excluding carboxylic acids is 1. The van der Waals surface area contributed by atoms with Crippen molar-refractivity contribution in [1.29, 1.82) is 0 Å². The second kappa shape index (κ2) is 7.51. The van der Waals surface area contributed by atoms with Gasteiger partial charge in [0.2, 0.25) is 0 Å². The van der Waals surface area contributed by atoms with Crippen LogP contribution in [0.4, 0.5) is 0 Å². The second-order valence-corrected chi connectivity index (χ2v) is 8.30. The third-order valence-corrected chi connectivity index (χ3v) is 6.50. The first kappa shape index (κ1) is 18.2. The van der Waals surface area contributed by atoms with Crippen molar-refractivity contribution < 1.29 is 4.79 Å². The fourth-order valence-electron chi connectivity index (χ4n) is 4.89. The Hall–Kier alpha value is -2.88. The van der Waals surface area contributed by atoms with E-state index in [1.54, 1.807) is 6.20 Å². The fraction of sp³-hybridized carbons (Fsp3) is 0.360. The van der Waals surface area contributed by atoms with Crippen LogP contribution in [0.15, 0.2) is 54.9 Å². The molecule has 2 aliphatic rings. The summed E-state index contributed by atoms with van der Waals surface area (Å²) >= 11 is 0. The number of hydrogen-bond acceptors (Lipinski definition) is 2. The number of hydrogen-bond donors (Lipinski definition) is 0. The summed E-state index contributed by atoms with van der Waals surface area (Å²) in [6, 6.07) is 15.4. The monoisotopic (exact) mass is 385 g/mol. The van der Waals surface area contributed by atoms with Crippen molar-refractivity contribution in [2.45, 2.75) is 58.0 Å². The summed E-state index contributed by atoms with van der Waals surface area (Å²) in [7, 11) is 0. The van der Waals surface area contributed by atoms with Gasteiger partial charge in [-0.2, -0.15) is 5.10 Å². The molecule has 0 radical (unpaired) electrons. The van der Waals surface area contributed by atoms with Crippen LogP contribution in [-0.4, -0.2) is 26.6 Å². The summed E-state index contributed by atoms with van der Waals surface area (Å²) in [5.74, 6) is 0.241. The van der Waals surface area contributed by atoms with E-state index in [1.165, 1.54) is 35.1 Å². The summed E-state index contributed by atoms with van der Waals surface area (Å²) in [5, 5.41) is 4.29. The lowest BCUT2D eigenvalue weighted by molar-refractivity contribution is 0.0707. The lowest BCUT2D eigenvalue weighted by atomic mass is 9.93. The largest absolute Gasteiger partial charge is 0.331 e. The number of aromatic nitrogens is 2. The van der Waals surface area contributed by atoms with E-state index in [2.05, 4.69) is 53.3 Å². The van der Waals surface area contributed by atoms with Gasteiger partial charge in [0.15, 0.2) is 0 Å². The van der Waals surface area contributed by atoms with E-state index in [9.17, 15) is 4.79 Å². The third-order valence-electron chi connectivity index (χ3n) is 6.50. The molecule has 0 saturated heterocycles. The number of benzene rings is 2. The zero-order valence-electron chi connectivity index (χ0n) is 17.0. The number of amides is 1. The van der Waals surface area contributed by atoms with Crippen molar-refractivity contribution in [2.24, 2.45) is 0 Å². The lowest BCUT2D eigenvalue weighted by Gasteiger charge is -2.23. The molecule has 1 aliphatic heterocycles. The van der Waals surface area contributed by atoms with Gasteiger partial charge in [-0.15, -0.1) is 0 Å². The van der Waals surface area contributed by atoms with Gasteiger partial charge in [0.05, 0.1) is 5.69 Å². The summed E-state index contributed by atoms with van der Waals surface area (Å²) in [4.78, 5) is 15.2. The SMILES string of the molecule is CCc1cc2c(cc1Cc1ccc(-n3cccn3)cc1)C(=O)N(C1CCCC1)C2. The van der Waals surface area contributed by atoms with E-state index in [4.69, 9.17) is 0 Å². The number of rotatable bonds is 5. The minimum absolute atomic E-state index is 0.241. The highest BCUT2D eigenvalue weighted by molar-refractivity contribution is 5.99. The van der Waals surface area contributed by atoms with Crippen LogP contribution < -0.4 is 0 Å². The minimum atomic E-state index is 0.241. The van der Waals surface area contributed by atoms with Crippen LogP contribution in [0.2, 0.25) is 0 Å². The normalized spacial score (nSPS) is 16.6. The fourth-order valence-corrected chi connectivity index (χ4v) is 4.89. The predicted molar refractivity (Wildman–Crippen MR) is 114 cm³/mol. The van der Waals surface area contributed by atoms with Gasteiger partial charge in [-0.25, -0.2) is 4.68 Å². The molecule has 0 atom stereocenters. The van der Waals surface area contributed by atoms with Crippen LogP contribution in [0, 0.1) is 0 Å². The number of carbonyl (C=O) groups is 1. The maximum absolute atomic E-state index is 13.1. The van der Waals surface area contributed by atoms with Crippen LogP contribution in [0.1, 0.15) is 65.2 Å². The van der Waals surface area contributed by atoms with E-state index < -0.39 is 0 Å². The first-order valence-corrected chi connectivity index (χ1v) is 10.8. The summed E-state index contributed by atoms with van der Waals surface area (Å²) in [5.41, 5.74) is 7.11. The van der Waals surface area contributed by atoms with E-state index in [0.717, 1.165) is 43.5 Å². The quantitative estimate of drug-likeness (QED) is 0.625. The average molecular weight is 386 g/mol. The predicted octanol–water partition coefficient (Wildman–Crippen LogP) is 4.92. The molecular weight excluding hydrogens is 358 g/mol. The molecule has 1 aliphatic carbocycles. The molecule has 148 valence electrons. The minimum Gasteiger partial charge on any atom is -0.331 e. The van der Waals surface area contributed by atoms with Crippen molar-refractivity contribution >= 4 is 5.91 Å². The van der Waals surface area contributed by atoms with Crippen LogP contribution in [0.5, 0.6) is 0 Å². The molecule has 3 aromatic rings. The molecule has 1 aromatic heterocycles. The molecule has 2 heterocycles. The number of fused-ring (bicyclic) bond motifs is 1. The van der Waals surface area contributed by atoms with Gasteiger partial charge in [0, 0.05) is 30.5 Å². The van der Waals surface area contributed by atoms with Crippen LogP contribution >= 0.6 is 0 Å². The van der Waals surface area contributed by atoms with Gasteiger partial charge in [-0.05, 0) is 72.2 Å². The molecule has 5 rings (SSSR count). The Kier molecular flexibility index (Phi) is 4.70. The molecule has 0 bridgehead atoms. The zero-order chi connectivity index (χ0) is 19.8. The van der Waals surface area contributed by atoms with E-state index in [-0.39, 0.29) is 5.91 Å². The molecule has 1 saturated carbocycles. The topological polar surface area (TPSA) is 38.1 Å². The Morgan fingerprint density at radius 2 is 1.86 bits per heavy atom. The molecule has 0 N–H and O–H groups in total. The summed E-state index contributed by atoms with van der Waals surface area (Å²) in [6.45, 7) is 3.00. The molecule has 1 amide bonds. The molecule has 0 unspecified atom stereocenters. The van der Waals surface area contributed by atoms with E-state index >= 15 is 0 Å². The van der Waals surface area contributed by atoms with Gasteiger partial charge in [0.25, 0.3) is 5.91 Å². The Labute approximate surface area is 172 Å². The molecule has 0 spiro atoms. The average Bonchev–Trinajstić information content (AvgIpc) is 3.50. The van der Waals surface area contributed by atoms with Gasteiger partial charge >= 0.3 is 0 Å². The molecule has 4 heteroatoms. The second-order valence-electron chi connectivity index (χ2n) is 8.30. The van der Waals surface area contributed by atoms with Gasteiger partial charge in [0.1, 0.15) is 0 Å². The maximum Gasteiger partial charge on any atom is 0.254 e. The standard InChI is InChI=1S/C25H27N3O/c1-2-19-15-21-17-27(22-6-3-4-7-22)25(29)24(21)16-20(19)14-18-8-10-23(11-9-18)28-13-5-12-26-28/h5,8-13,15-16,22H,2-4,6-7,14,17H2,1H3. The van der Waals surface area contributed by atoms with Crippen LogP contribution in [0.25, 0.3) is 5.69 Å². The van der Waals surface area contributed by atoms with Gasteiger partial charge in [-0.3, -0.25) is 4.79 Å². The van der Waals surface area contributed by atoms with Crippen LogP contribution in [0.3, 0.4) is 0 Å². The molecule has 29 heavy (non-hydrogen) atoms. The highest BCUT2D eigenvalue weighted by Crippen LogP contribution is 2.33. The van der Waals surface area contributed by atoms with Gasteiger partial charge in [-0.1, -0.05) is 38.0 Å². The molecular formula is C25H27N3O. The highest BCUT2D eigenvalue weighted by Gasteiger charge is 2.34. The van der Waals surface area contributed by atoms with Crippen LogP contribution in [-0.2, 0) is 19.4 Å². The van der Waals surface area contributed by atoms with E-state index in [1.807, 2.05) is 16.9 Å².